The van der Waals surface area contributed by atoms with Crippen molar-refractivity contribution < 1.29 is 22.5 Å². The van der Waals surface area contributed by atoms with Crippen LogP contribution in [0.4, 0.5) is 19.0 Å². The molecule has 0 spiro atoms. The van der Waals surface area contributed by atoms with Gasteiger partial charge in [0.15, 0.2) is 11.2 Å². The maximum absolute atomic E-state index is 13.4. The number of fused-ring (bicyclic) bond motifs is 1. The van der Waals surface area contributed by atoms with Gasteiger partial charge in [0.1, 0.15) is 23.3 Å². The Kier molecular flexibility index (Phi) is 6.61. The van der Waals surface area contributed by atoms with E-state index in [-0.39, 0.29) is 23.5 Å². The van der Waals surface area contributed by atoms with Crippen LogP contribution in [0.5, 0.6) is 0 Å². The zero-order valence-corrected chi connectivity index (χ0v) is 21.4. The van der Waals surface area contributed by atoms with E-state index >= 15 is 0 Å². The predicted octanol–water partition coefficient (Wildman–Crippen LogP) is 3.52. The second kappa shape index (κ2) is 9.94. The normalized spacial score (nSPS) is 12.6. The molecule has 14 heteroatoms. The maximum Gasteiger partial charge on any atom is 0.416 e. The van der Waals surface area contributed by atoms with Gasteiger partial charge in [0.2, 0.25) is 5.91 Å². The van der Waals surface area contributed by atoms with Crippen LogP contribution in [0.2, 0.25) is 0 Å². The molecule has 0 fully saturated rings. The number of amides is 1. The van der Waals surface area contributed by atoms with Crippen LogP contribution in [0.25, 0.3) is 22.4 Å². The number of aromatic nitrogens is 6. The number of carbonyl (C=O) groups excluding carboxylic acids is 1. The van der Waals surface area contributed by atoms with E-state index in [1.165, 1.54) is 40.7 Å². The van der Waals surface area contributed by atoms with Crippen molar-refractivity contribution in [2.24, 2.45) is 7.05 Å². The van der Waals surface area contributed by atoms with Gasteiger partial charge in [-0.2, -0.15) is 13.2 Å². The lowest BCUT2D eigenvalue weighted by Gasteiger charge is -2.15. The molecule has 5 aromatic rings. The van der Waals surface area contributed by atoms with Gasteiger partial charge in [0.05, 0.1) is 24.1 Å². The fourth-order valence-electron chi connectivity index (χ4n) is 4.23. The first-order valence-electron chi connectivity index (χ1n) is 12.0. The van der Waals surface area contributed by atoms with E-state index in [9.17, 15) is 27.6 Å². The van der Waals surface area contributed by atoms with E-state index in [1.807, 2.05) is 0 Å². The summed E-state index contributed by atoms with van der Waals surface area (Å²) in [6.45, 7) is 3.10. The molecular weight excluding hydrogens is 531 g/mol. The van der Waals surface area contributed by atoms with Crippen molar-refractivity contribution in [2.45, 2.75) is 32.6 Å². The van der Waals surface area contributed by atoms with E-state index in [0.29, 0.717) is 22.7 Å². The van der Waals surface area contributed by atoms with Crippen LogP contribution in [-0.4, -0.2) is 34.7 Å². The van der Waals surface area contributed by atoms with Gasteiger partial charge in [-0.15, -0.1) is 0 Å². The van der Waals surface area contributed by atoms with E-state index in [1.54, 1.807) is 32.0 Å². The topological polar surface area (TPSA) is 130 Å². The lowest BCUT2D eigenvalue weighted by molar-refractivity contribution is -0.137. The Bertz CT molecular complexity index is 1850. The highest BCUT2D eigenvalue weighted by Gasteiger charge is 2.30. The van der Waals surface area contributed by atoms with Crippen molar-refractivity contribution in [3.63, 3.8) is 0 Å². The van der Waals surface area contributed by atoms with E-state index < -0.39 is 34.9 Å². The SMILES string of the molecule is Cc1cc(Cn2c(=O)c3c(ncn3[C@@H](C)C(=O)Nc3cccc(-c4ccc(C(F)(F)F)cc4)n3)n(C)c2=O)no1. The number of halogens is 3. The number of alkyl halides is 3. The first-order valence-corrected chi connectivity index (χ1v) is 12.0. The quantitative estimate of drug-likeness (QED) is 0.341. The molecule has 1 N–H and O–H groups in total. The first kappa shape index (κ1) is 26.6. The number of carbonyl (C=O) groups is 1. The Morgan fingerprint density at radius 2 is 1.85 bits per heavy atom. The number of imidazole rings is 1. The van der Waals surface area contributed by atoms with E-state index in [4.69, 9.17) is 4.52 Å². The predicted molar refractivity (Wildman–Crippen MR) is 138 cm³/mol. The number of pyridine rings is 1. The highest BCUT2D eigenvalue weighted by atomic mass is 19.4. The molecule has 11 nitrogen and oxygen atoms in total. The van der Waals surface area contributed by atoms with Crippen molar-refractivity contribution >= 4 is 22.9 Å². The van der Waals surface area contributed by atoms with Gasteiger partial charge in [-0.1, -0.05) is 23.4 Å². The van der Waals surface area contributed by atoms with E-state index in [0.717, 1.165) is 16.7 Å². The van der Waals surface area contributed by atoms with Crippen LogP contribution in [0, 0.1) is 6.92 Å². The molecule has 1 atom stereocenters. The summed E-state index contributed by atoms with van der Waals surface area (Å²) < 4.78 is 47.3. The van der Waals surface area contributed by atoms with Gasteiger partial charge in [0, 0.05) is 18.7 Å². The summed E-state index contributed by atoms with van der Waals surface area (Å²) in [6.07, 6.45) is -3.16. The second-order valence-corrected chi connectivity index (χ2v) is 9.13. The molecule has 1 amide bonds. The summed E-state index contributed by atoms with van der Waals surface area (Å²) in [5, 5.41) is 6.51. The Labute approximate surface area is 223 Å². The summed E-state index contributed by atoms with van der Waals surface area (Å²) >= 11 is 0. The number of nitrogens with zero attached hydrogens (tertiary/aromatic N) is 6. The third kappa shape index (κ3) is 4.90. The van der Waals surface area contributed by atoms with Gasteiger partial charge >= 0.3 is 11.9 Å². The van der Waals surface area contributed by atoms with Gasteiger partial charge in [0.25, 0.3) is 5.56 Å². The van der Waals surface area contributed by atoms with Crippen molar-refractivity contribution in [3.05, 3.63) is 92.7 Å². The molecule has 4 aromatic heterocycles. The highest BCUT2D eigenvalue weighted by Crippen LogP contribution is 2.31. The number of anilines is 1. The first-order chi connectivity index (χ1) is 18.9. The zero-order valence-electron chi connectivity index (χ0n) is 21.4. The number of hydrogen-bond donors (Lipinski definition) is 1. The molecule has 4 heterocycles. The third-order valence-corrected chi connectivity index (χ3v) is 6.36. The van der Waals surface area contributed by atoms with Crippen molar-refractivity contribution in [3.8, 4) is 11.3 Å². The second-order valence-electron chi connectivity index (χ2n) is 9.13. The smallest absolute Gasteiger partial charge is 0.361 e. The summed E-state index contributed by atoms with van der Waals surface area (Å²) in [5.74, 6) is 0.139. The summed E-state index contributed by atoms with van der Waals surface area (Å²) in [4.78, 5) is 47.9. The fraction of sp³-hybridized carbons (Fsp3) is 0.231. The minimum atomic E-state index is -4.46. The minimum absolute atomic E-state index is 0.0384. The van der Waals surface area contributed by atoms with Crippen molar-refractivity contribution in [1.82, 2.24) is 28.8 Å². The minimum Gasteiger partial charge on any atom is -0.361 e. The number of rotatable bonds is 6. The Morgan fingerprint density at radius 3 is 2.50 bits per heavy atom. The lowest BCUT2D eigenvalue weighted by Crippen LogP contribution is -2.40. The largest absolute Gasteiger partial charge is 0.416 e. The van der Waals surface area contributed by atoms with Gasteiger partial charge in [-0.25, -0.2) is 14.8 Å². The van der Waals surface area contributed by atoms with Gasteiger partial charge in [-0.05, 0) is 38.1 Å². The fourth-order valence-corrected chi connectivity index (χ4v) is 4.23. The number of hydrogen-bond acceptors (Lipinski definition) is 7. The molecule has 0 radical (unpaired) electrons. The van der Waals surface area contributed by atoms with Crippen molar-refractivity contribution in [1.29, 1.82) is 0 Å². The molecule has 0 aliphatic rings. The molecule has 0 aliphatic heterocycles. The van der Waals surface area contributed by atoms with Gasteiger partial charge < -0.3 is 14.4 Å². The van der Waals surface area contributed by atoms with Crippen LogP contribution in [0.15, 0.2) is 69.0 Å². The zero-order chi connectivity index (χ0) is 28.8. The molecule has 0 saturated heterocycles. The Hall–Kier alpha value is -5.01. The van der Waals surface area contributed by atoms with Crippen LogP contribution in [0.1, 0.15) is 30.0 Å². The summed E-state index contributed by atoms with van der Waals surface area (Å²) in [6, 6.07) is 9.90. The number of aryl methyl sites for hydroxylation is 2. The lowest BCUT2D eigenvalue weighted by atomic mass is 10.1. The molecule has 0 unspecified atom stereocenters. The Morgan fingerprint density at radius 1 is 1.12 bits per heavy atom. The maximum atomic E-state index is 13.4. The van der Waals surface area contributed by atoms with Crippen LogP contribution in [0.3, 0.4) is 0 Å². The molecule has 0 bridgehead atoms. The number of nitrogens with one attached hydrogen (secondary N) is 1. The Balaban J connectivity index is 1.43. The molecule has 0 aliphatic carbocycles. The molecule has 206 valence electrons. The monoisotopic (exact) mass is 553 g/mol. The van der Waals surface area contributed by atoms with Crippen molar-refractivity contribution in [2.75, 3.05) is 5.32 Å². The van der Waals surface area contributed by atoms with Gasteiger partial charge in [-0.3, -0.25) is 18.7 Å². The number of benzene rings is 1. The third-order valence-electron chi connectivity index (χ3n) is 6.36. The molecule has 0 saturated carbocycles. The summed E-state index contributed by atoms with van der Waals surface area (Å²) in [5.41, 5.74) is -0.735. The average Bonchev–Trinajstić information content (AvgIpc) is 3.55. The highest BCUT2D eigenvalue weighted by molar-refractivity contribution is 5.93. The average molecular weight is 554 g/mol. The standard InChI is InChI=1S/C26H22F3N7O4/c1-14-11-18(33-40-14)12-35-24(38)21-22(34(3)25(35)39)30-13-36(21)15(2)23(37)32-20-6-4-5-19(31-20)16-7-9-17(10-8-16)26(27,28)29/h4-11,13,15H,12H2,1-3H3,(H,31,32,37)/t15-/m0/s1. The summed E-state index contributed by atoms with van der Waals surface area (Å²) in [7, 11) is 1.47. The molecule has 1 aromatic carbocycles. The van der Waals surface area contributed by atoms with Crippen LogP contribution >= 0.6 is 0 Å². The van der Waals surface area contributed by atoms with Crippen LogP contribution in [-0.2, 0) is 24.6 Å². The molecule has 40 heavy (non-hydrogen) atoms. The van der Waals surface area contributed by atoms with E-state index in [2.05, 4.69) is 20.4 Å². The molecule has 5 rings (SSSR count). The van der Waals surface area contributed by atoms with Crippen LogP contribution < -0.4 is 16.6 Å². The molecular formula is C26H22F3N7O4.